The Morgan fingerprint density at radius 2 is 2.09 bits per heavy atom. The first-order valence-electron chi connectivity index (χ1n) is 10.7. The van der Waals surface area contributed by atoms with Crippen molar-refractivity contribution in [3.8, 4) is 17.1 Å². The van der Waals surface area contributed by atoms with Gasteiger partial charge >= 0.3 is 0 Å². The van der Waals surface area contributed by atoms with E-state index in [4.69, 9.17) is 4.74 Å². The number of fused-ring (bicyclic) bond motifs is 7. The van der Waals surface area contributed by atoms with Gasteiger partial charge in [0.25, 0.3) is 5.91 Å². The van der Waals surface area contributed by atoms with Crippen LogP contribution in [0.4, 0.5) is 5.95 Å². The predicted octanol–water partition coefficient (Wildman–Crippen LogP) is 3.60. The Hall–Kier alpha value is -3.75. The number of nitrogens with one attached hydrogen (secondary N) is 1. The molecule has 0 fully saturated rings. The van der Waals surface area contributed by atoms with Gasteiger partial charge in [0.1, 0.15) is 5.52 Å². The van der Waals surface area contributed by atoms with Crippen molar-refractivity contribution in [2.45, 2.75) is 33.2 Å². The van der Waals surface area contributed by atoms with E-state index in [1.165, 1.54) is 0 Å². The predicted molar refractivity (Wildman–Crippen MR) is 121 cm³/mol. The third-order valence-electron chi connectivity index (χ3n) is 5.73. The summed E-state index contributed by atoms with van der Waals surface area (Å²) in [7, 11) is 1.85. The summed E-state index contributed by atoms with van der Waals surface area (Å²) >= 11 is 0. The number of pyridine rings is 2. The summed E-state index contributed by atoms with van der Waals surface area (Å²) in [5.74, 6) is 1.30. The van der Waals surface area contributed by atoms with E-state index in [1.54, 1.807) is 35.4 Å². The smallest absolute Gasteiger partial charge is 0.258 e. The number of carbonyl (C=O) groups excluding carboxylic acids is 1. The van der Waals surface area contributed by atoms with Crippen LogP contribution in [0.5, 0.6) is 5.88 Å². The minimum atomic E-state index is -0.241. The lowest BCUT2D eigenvalue weighted by Gasteiger charge is -2.16. The van der Waals surface area contributed by atoms with E-state index < -0.39 is 0 Å². The third-order valence-corrected chi connectivity index (χ3v) is 5.73. The Labute approximate surface area is 185 Å². The molecule has 4 aromatic rings. The van der Waals surface area contributed by atoms with E-state index in [0.717, 1.165) is 41.7 Å². The SMILES string of the molecule is Cc1cc2cc(n1)-c1cnn(C)c1OCCC[C@@H](C)Cn1c(nc3cnccc31)NC2=O. The lowest BCUT2D eigenvalue weighted by molar-refractivity contribution is 0.102. The van der Waals surface area contributed by atoms with Gasteiger partial charge < -0.3 is 9.30 Å². The van der Waals surface area contributed by atoms with Crippen LogP contribution in [0.1, 0.15) is 35.8 Å². The molecule has 32 heavy (non-hydrogen) atoms. The fourth-order valence-corrected chi connectivity index (χ4v) is 4.15. The van der Waals surface area contributed by atoms with Gasteiger partial charge in [-0.3, -0.25) is 20.1 Å². The molecule has 4 aromatic heterocycles. The Morgan fingerprint density at radius 1 is 1.22 bits per heavy atom. The Bertz CT molecular complexity index is 1310. The lowest BCUT2D eigenvalue weighted by atomic mass is 10.1. The number of hydrogen-bond acceptors (Lipinski definition) is 6. The average Bonchev–Trinajstić information content (AvgIpc) is 3.30. The van der Waals surface area contributed by atoms with E-state index >= 15 is 0 Å². The molecule has 9 heteroatoms. The fourth-order valence-electron chi connectivity index (χ4n) is 4.15. The number of carbonyl (C=O) groups is 1. The van der Waals surface area contributed by atoms with Gasteiger partial charge in [0.15, 0.2) is 0 Å². The van der Waals surface area contributed by atoms with Gasteiger partial charge in [-0.15, -0.1) is 0 Å². The number of rotatable bonds is 0. The molecular weight excluding hydrogens is 406 g/mol. The van der Waals surface area contributed by atoms with Crippen molar-refractivity contribution in [1.29, 1.82) is 0 Å². The highest BCUT2D eigenvalue weighted by Gasteiger charge is 2.20. The van der Waals surface area contributed by atoms with Gasteiger partial charge in [0, 0.05) is 31.0 Å². The van der Waals surface area contributed by atoms with Crippen LogP contribution >= 0.6 is 0 Å². The second-order valence-electron chi connectivity index (χ2n) is 8.33. The lowest BCUT2D eigenvalue weighted by Crippen LogP contribution is -2.18. The molecule has 5 heterocycles. The molecule has 1 amide bonds. The fraction of sp³-hybridized carbons (Fsp3) is 0.348. The zero-order valence-electron chi connectivity index (χ0n) is 18.4. The molecule has 0 aromatic carbocycles. The zero-order valence-corrected chi connectivity index (χ0v) is 18.4. The van der Waals surface area contributed by atoms with Crippen LogP contribution in [-0.2, 0) is 13.6 Å². The van der Waals surface area contributed by atoms with Gasteiger partial charge in [-0.2, -0.15) is 5.10 Å². The first-order valence-corrected chi connectivity index (χ1v) is 10.7. The number of anilines is 1. The largest absolute Gasteiger partial charge is 0.477 e. The highest BCUT2D eigenvalue weighted by Crippen LogP contribution is 2.30. The summed E-state index contributed by atoms with van der Waals surface area (Å²) in [4.78, 5) is 26.7. The van der Waals surface area contributed by atoms with Crippen molar-refractivity contribution in [2.24, 2.45) is 13.0 Å². The Kier molecular flexibility index (Phi) is 5.08. The maximum absolute atomic E-state index is 13.2. The van der Waals surface area contributed by atoms with Gasteiger partial charge in [-0.1, -0.05) is 6.92 Å². The molecule has 5 rings (SSSR count). The van der Waals surface area contributed by atoms with E-state index in [1.807, 2.05) is 20.0 Å². The van der Waals surface area contributed by atoms with Crippen molar-refractivity contribution >= 4 is 22.9 Å². The van der Waals surface area contributed by atoms with Crippen molar-refractivity contribution in [3.05, 3.63) is 48.0 Å². The molecule has 0 saturated carbocycles. The van der Waals surface area contributed by atoms with Crippen LogP contribution in [0.2, 0.25) is 0 Å². The average molecular weight is 432 g/mol. The topological polar surface area (TPSA) is 99.8 Å². The highest BCUT2D eigenvalue weighted by atomic mass is 16.5. The summed E-state index contributed by atoms with van der Waals surface area (Å²) in [6.45, 7) is 5.37. The highest BCUT2D eigenvalue weighted by molar-refractivity contribution is 6.04. The Morgan fingerprint density at radius 3 is 2.97 bits per heavy atom. The quantitative estimate of drug-likeness (QED) is 0.457. The van der Waals surface area contributed by atoms with Crippen molar-refractivity contribution < 1.29 is 9.53 Å². The van der Waals surface area contributed by atoms with Crippen molar-refractivity contribution in [2.75, 3.05) is 11.9 Å². The van der Waals surface area contributed by atoms with E-state index in [0.29, 0.717) is 35.6 Å². The second-order valence-corrected chi connectivity index (χ2v) is 8.33. The molecule has 9 nitrogen and oxygen atoms in total. The van der Waals surface area contributed by atoms with Gasteiger partial charge in [0.05, 0.1) is 35.8 Å². The summed E-state index contributed by atoms with van der Waals surface area (Å²) in [5.41, 5.74) is 4.37. The summed E-state index contributed by atoms with van der Waals surface area (Å²) in [6, 6.07) is 5.47. The number of hydrogen-bond donors (Lipinski definition) is 1. The molecule has 0 spiro atoms. The maximum atomic E-state index is 13.2. The van der Waals surface area contributed by atoms with Crippen LogP contribution in [0.3, 0.4) is 0 Å². The molecule has 1 aliphatic heterocycles. The molecule has 1 atom stereocenters. The summed E-state index contributed by atoms with van der Waals surface area (Å²) in [5, 5.41) is 7.35. The van der Waals surface area contributed by atoms with E-state index in [2.05, 4.69) is 36.9 Å². The molecule has 0 unspecified atom stereocenters. The molecule has 0 radical (unpaired) electrons. The number of imidazole rings is 1. The van der Waals surface area contributed by atoms with Crippen molar-refractivity contribution in [3.63, 3.8) is 0 Å². The summed E-state index contributed by atoms with van der Waals surface area (Å²) in [6.07, 6.45) is 7.06. The van der Waals surface area contributed by atoms with Crippen LogP contribution in [0, 0.1) is 12.8 Å². The van der Waals surface area contributed by atoms with E-state index in [9.17, 15) is 4.79 Å². The van der Waals surface area contributed by atoms with Crippen LogP contribution in [-0.4, -0.2) is 41.8 Å². The molecule has 2 bridgehead atoms. The van der Waals surface area contributed by atoms with Crippen molar-refractivity contribution in [1.82, 2.24) is 29.3 Å². The first-order chi connectivity index (χ1) is 15.5. The number of aryl methyl sites for hydroxylation is 2. The maximum Gasteiger partial charge on any atom is 0.258 e. The monoisotopic (exact) mass is 431 g/mol. The van der Waals surface area contributed by atoms with E-state index in [-0.39, 0.29) is 5.91 Å². The van der Waals surface area contributed by atoms with Gasteiger partial charge in [-0.25, -0.2) is 9.67 Å². The minimum absolute atomic E-state index is 0.241. The number of ether oxygens (including phenoxy) is 1. The number of amides is 1. The van der Waals surface area contributed by atoms with Crippen LogP contribution < -0.4 is 10.1 Å². The van der Waals surface area contributed by atoms with Gasteiger partial charge in [-0.05, 0) is 43.9 Å². The molecule has 164 valence electrons. The third kappa shape index (κ3) is 3.70. The molecule has 0 aliphatic carbocycles. The first kappa shape index (κ1) is 20.2. The number of aromatic nitrogens is 6. The van der Waals surface area contributed by atoms with Gasteiger partial charge in [0.2, 0.25) is 11.8 Å². The number of nitrogens with zero attached hydrogens (tertiary/aromatic N) is 6. The minimum Gasteiger partial charge on any atom is -0.477 e. The molecule has 0 saturated heterocycles. The molecule has 1 N–H and O–H groups in total. The summed E-state index contributed by atoms with van der Waals surface area (Å²) < 4.78 is 9.87. The zero-order chi connectivity index (χ0) is 22.2. The molecule has 1 aliphatic rings. The standard InChI is InChI=1S/C23H25N7O2/c1-14-5-4-8-32-22-17(11-25-29(22)3)18-10-16(9-15(2)26-18)21(31)28-23-27-19-12-24-7-6-20(19)30(23)13-14/h6-7,9-12,14H,4-5,8,13H2,1-3H3,(H,27,28,31)/t14-/m1/s1. The van der Waals surface area contributed by atoms with Crippen LogP contribution in [0.25, 0.3) is 22.3 Å². The Balaban J connectivity index is 1.62. The normalized spacial score (nSPS) is 17.0. The molecular formula is C23H25N7O2. The second kappa shape index (κ2) is 8.07. The van der Waals surface area contributed by atoms with Crippen LogP contribution in [0.15, 0.2) is 36.8 Å².